The fourth-order valence-electron chi connectivity index (χ4n) is 2.75. The van der Waals surface area contributed by atoms with Gasteiger partial charge in [-0.2, -0.15) is 0 Å². The Balaban J connectivity index is 1.82. The highest BCUT2D eigenvalue weighted by atomic mass is 16.5. The summed E-state index contributed by atoms with van der Waals surface area (Å²) in [5.74, 6) is 1.18. The minimum absolute atomic E-state index is 0.0533. The maximum absolute atomic E-state index is 12.1. The molecule has 7 heteroatoms. The van der Waals surface area contributed by atoms with E-state index in [1.165, 1.54) is 6.92 Å². The number of methoxy groups -OCH3 is 2. The summed E-state index contributed by atoms with van der Waals surface area (Å²) in [7, 11) is 3.18. The molecule has 0 saturated carbocycles. The second-order valence-corrected chi connectivity index (χ2v) is 6.33. The van der Waals surface area contributed by atoms with Gasteiger partial charge in [-0.15, -0.1) is 0 Å². The van der Waals surface area contributed by atoms with Gasteiger partial charge in [0.1, 0.15) is 0 Å². The Morgan fingerprint density at radius 1 is 1.00 bits per heavy atom. The van der Waals surface area contributed by atoms with Crippen LogP contribution in [0.15, 0.2) is 42.7 Å². The molecule has 1 N–H and O–H groups in total. The number of aromatic nitrogens is 1. The second kappa shape index (κ2) is 10.9. The molecule has 2 amide bonds. The molecule has 0 aliphatic heterocycles. The number of amides is 2. The van der Waals surface area contributed by atoms with Crippen molar-refractivity contribution in [2.24, 2.45) is 0 Å². The first kappa shape index (κ1) is 21.2. The van der Waals surface area contributed by atoms with Crippen LogP contribution in [0.1, 0.15) is 24.5 Å². The molecule has 0 aliphatic rings. The predicted molar refractivity (Wildman–Crippen MR) is 106 cm³/mol. The van der Waals surface area contributed by atoms with E-state index in [0.29, 0.717) is 37.6 Å². The largest absolute Gasteiger partial charge is 0.493 e. The van der Waals surface area contributed by atoms with Crippen molar-refractivity contribution >= 4 is 11.8 Å². The van der Waals surface area contributed by atoms with E-state index in [4.69, 9.17) is 9.47 Å². The second-order valence-electron chi connectivity index (χ2n) is 6.33. The minimum Gasteiger partial charge on any atom is -0.493 e. The fraction of sp³-hybridized carbons (Fsp3) is 0.381. The highest BCUT2D eigenvalue weighted by molar-refractivity contribution is 5.78. The SMILES string of the molecule is COc1ccc(CCN(CCC(=O)NCc2ccncc2)C(C)=O)cc1OC. The summed E-state index contributed by atoms with van der Waals surface area (Å²) in [6, 6.07) is 9.40. The Bertz CT molecular complexity index is 780. The molecule has 0 unspecified atom stereocenters. The molecular formula is C21H27N3O4. The average Bonchev–Trinajstić information content (AvgIpc) is 2.72. The molecule has 1 heterocycles. The van der Waals surface area contributed by atoms with Gasteiger partial charge in [-0.05, 0) is 41.8 Å². The molecule has 2 rings (SSSR count). The van der Waals surface area contributed by atoms with Crippen LogP contribution >= 0.6 is 0 Å². The van der Waals surface area contributed by atoms with Crippen LogP contribution in [0.2, 0.25) is 0 Å². The molecule has 0 radical (unpaired) electrons. The van der Waals surface area contributed by atoms with Gasteiger partial charge in [0.2, 0.25) is 11.8 Å². The van der Waals surface area contributed by atoms with Gasteiger partial charge < -0.3 is 19.7 Å². The topological polar surface area (TPSA) is 80.8 Å². The Morgan fingerprint density at radius 2 is 1.71 bits per heavy atom. The molecule has 0 atom stereocenters. The molecule has 1 aromatic carbocycles. The molecule has 0 spiro atoms. The van der Waals surface area contributed by atoms with Crippen LogP contribution in [-0.2, 0) is 22.6 Å². The molecular weight excluding hydrogens is 358 g/mol. The molecule has 28 heavy (non-hydrogen) atoms. The number of carbonyl (C=O) groups excluding carboxylic acids is 2. The van der Waals surface area contributed by atoms with Crippen LogP contribution in [0.3, 0.4) is 0 Å². The van der Waals surface area contributed by atoms with Crippen molar-refractivity contribution < 1.29 is 19.1 Å². The zero-order valence-electron chi connectivity index (χ0n) is 16.6. The third kappa shape index (κ3) is 6.57. The van der Waals surface area contributed by atoms with Gasteiger partial charge in [0, 0.05) is 45.4 Å². The first-order valence-corrected chi connectivity index (χ1v) is 9.15. The number of carbonyl (C=O) groups is 2. The molecule has 0 aliphatic carbocycles. The molecule has 0 fully saturated rings. The van der Waals surface area contributed by atoms with Gasteiger partial charge in [0.05, 0.1) is 14.2 Å². The van der Waals surface area contributed by atoms with Crippen LogP contribution < -0.4 is 14.8 Å². The van der Waals surface area contributed by atoms with Gasteiger partial charge in [-0.1, -0.05) is 6.07 Å². The van der Waals surface area contributed by atoms with Crippen molar-refractivity contribution in [3.63, 3.8) is 0 Å². The van der Waals surface area contributed by atoms with Crippen molar-refractivity contribution in [2.75, 3.05) is 27.3 Å². The summed E-state index contributed by atoms with van der Waals surface area (Å²) >= 11 is 0. The van der Waals surface area contributed by atoms with E-state index in [9.17, 15) is 9.59 Å². The number of hydrogen-bond acceptors (Lipinski definition) is 5. The van der Waals surface area contributed by atoms with Gasteiger partial charge >= 0.3 is 0 Å². The van der Waals surface area contributed by atoms with Crippen LogP contribution in [0.25, 0.3) is 0 Å². The summed E-state index contributed by atoms with van der Waals surface area (Å²) in [6.45, 7) is 2.88. The lowest BCUT2D eigenvalue weighted by Crippen LogP contribution is -2.35. The number of benzene rings is 1. The van der Waals surface area contributed by atoms with Gasteiger partial charge in [-0.3, -0.25) is 14.6 Å². The fourth-order valence-corrected chi connectivity index (χ4v) is 2.75. The minimum atomic E-state index is -0.0887. The molecule has 150 valence electrons. The van der Waals surface area contributed by atoms with Crippen molar-refractivity contribution in [3.05, 3.63) is 53.9 Å². The van der Waals surface area contributed by atoms with E-state index in [2.05, 4.69) is 10.3 Å². The quantitative estimate of drug-likeness (QED) is 0.678. The van der Waals surface area contributed by atoms with Crippen LogP contribution in [0.5, 0.6) is 11.5 Å². The van der Waals surface area contributed by atoms with Gasteiger partial charge in [-0.25, -0.2) is 0 Å². The number of hydrogen-bond donors (Lipinski definition) is 1. The Kier molecular flexibility index (Phi) is 8.27. The first-order chi connectivity index (χ1) is 13.5. The highest BCUT2D eigenvalue weighted by Gasteiger charge is 2.12. The average molecular weight is 385 g/mol. The highest BCUT2D eigenvalue weighted by Crippen LogP contribution is 2.27. The number of rotatable bonds is 10. The zero-order chi connectivity index (χ0) is 20.4. The summed E-state index contributed by atoms with van der Waals surface area (Å²) in [5.41, 5.74) is 2.02. The summed E-state index contributed by atoms with van der Waals surface area (Å²) < 4.78 is 10.5. The smallest absolute Gasteiger partial charge is 0.222 e. The summed E-state index contributed by atoms with van der Waals surface area (Å²) in [4.78, 5) is 29.6. The zero-order valence-corrected chi connectivity index (χ0v) is 16.6. The van der Waals surface area contributed by atoms with Crippen molar-refractivity contribution in [3.8, 4) is 11.5 Å². The number of nitrogens with zero attached hydrogens (tertiary/aromatic N) is 2. The Morgan fingerprint density at radius 3 is 2.36 bits per heavy atom. The molecule has 1 aromatic heterocycles. The lowest BCUT2D eigenvalue weighted by atomic mass is 10.1. The predicted octanol–water partition coefficient (Wildman–Crippen LogP) is 2.20. The monoisotopic (exact) mass is 385 g/mol. The molecule has 0 saturated heterocycles. The van der Waals surface area contributed by atoms with E-state index in [0.717, 1.165) is 11.1 Å². The maximum atomic E-state index is 12.1. The van der Waals surface area contributed by atoms with Crippen LogP contribution in [-0.4, -0.2) is 49.0 Å². The Labute approximate surface area is 165 Å². The standard InChI is InChI=1S/C21H27N3O4/c1-16(25)24(12-8-17-4-5-19(27-2)20(14-17)28-3)13-9-21(26)23-15-18-6-10-22-11-7-18/h4-7,10-11,14H,8-9,12-13,15H2,1-3H3,(H,23,26). The Hall–Kier alpha value is -3.09. The van der Waals surface area contributed by atoms with Crippen molar-refractivity contribution in [2.45, 2.75) is 26.3 Å². The number of ether oxygens (including phenoxy) is 2. The normalized spacial score (nSPS) is 10.2. The van der Waals surface area contributed by atoms with Gasteiger partial charge in [0.15, 0.2) is 11.5 Å². The van der Waals surface area contributed by atoms with E-state index in [-0.39, 0.29) is 18.2 Å². The van der Waals surface area contributed by atoms with Crippen LogP contribution in [0, 0.1) is 0 Å². The van der Waals surface area contributed by atoms with Crippen molar-refractivity contribution in [1.29, 1.82) is 0 Å². The van der Waals surface area contributed by atoms with Crippen molar-refractivity contribution in [1.82, 2.24) is 15.2 Å². The maximum Gasteiger partial charge on any atom is 0.222 e. The van der Waals surface area contributed by atoms with E-state index in [1.807, 2.05) is 30.3 Å². The van der Waals surface area contributed by atoms with E-state index >= 15 is 0 Å². The first-order valence-electron chi connectivity index (χ1n) is 9.15. The molecule has 2 aromatic rings. The molecule has 7 nitrogen and oxygen atoms in total. The lowest BCUT2D eigenvalue weighted by molar-refractivity contribution is -0.129. The third-order valence-corrected chi connectivity index (χ3v) is 4.41. The summed E-state index contributed by atoms with van der Waals surface area (Å²) in [6.07, 6.45) is 4.30. The number of pyridine rings is 1. The van der Waals surface area contributed by atoms with E-state index < -0.39 is 0 Å². The van der Waals surface area contributed by atoms with Crippen LogP contribution in [0.4, 0.5) is 0 Å². The third-order valence-electron chi connectivity index (χ3n) is 4.41. The molecule has 0 bridgehead atoms. The lowest BCUT2D eigenvalue weighted by Gasteiger charge is -2.21. The number of nitrogens with one attached hydrogen (secondary N) is 1. The van der Waals surface area contributed by atoms with Gasteiger partial charge in [0.25, 0.3) is 0 Å². The summed E-state index contributed by atoms with van der Waals surface area (Å²) in [5, 5.41) is 2.86. The van der Waals surface area contributed by atoms with E-state index in [1.54, 1.807) is 31.5 Å².